The van der Waals surface area contributed by atoms with Crippen molar-refractivity contribution >= 4 is 28.0 Å². The van der Waals surface area contributed by atoms with Gasteiger partial charge in [0, 0.05) is 36.0 Å². The standard InChI is InChI=1S/C23H23N7O4/c1-12-24-6-15(7-25-12)34-22-26-8-17-16-4-2-3-13(20(16)27-21(17)28-22)10-30(23(32)33)29-9-14-5-19(31)18(14)11-29/h2-4,6-8,14,18-19,31H,5,9-11H2,1H3,(H,32,33)(H,26,27,28). The Morgan fingerprint density at radius 1 is 1.21 bits per heavy atom. The van der Waals surface area contributed by atoms with Crippen molar-refractivity contribution in [1.82, 2.24) is 34.9 Å². The first-order valence-corrected chi connectivity index (χ1v) is 11.1. The van der Waals surface area contributed by atoms with E-state index in [2.05, 4.69) is 24.9 Å². The summed E-state index contributed by atoms with van der Waals surface area (Å²) in [5.41, 5.74) is 2.22. The number of aliphatic hydroxyl groups is 1. The second-order valence-corrected chi connectivity index (χ2v) is 8.89. The zero-order valence-corrected chi connectivity index (χ0v) is 18.4. The summed E-state index contributed by atoms with van der Waals surface area (Å²) >= 11 is 0. The van der Waals surface area contributed by atoms with Crippen LogP contribution in [-0.4, -0.2) is 70.4 Å². The number of fused-ring (bicyclic) bond motifs is 4. The quantitative estimate of drug-likeness (QED) is 0.409. The molecule has 11 nitrogen and oxygen atoms in total. The summed E-state index contributed by atoms with van der Waals surface area (Å²) in [6.07, 6.45) is 4.20. The number of aliphatic hydroxyl groups excluding tert-OH is 1. The number of ether oxygens (including phenoxy) is 1. The predicted octanol–water partition coefficient (Wildman–Crippen LogP) is 2.71. The molecular weight excluding hydrogens is 438 g/mol. The molecule has 0 bridgehead atoms. The van der Waals surface area contributed by atoms with Crippen LogP contribution in [0.5, 0.6) is 11.8 Å². The van der Waals surface area contributed by atoms with Crippen molar-refractivity contribution in [2.24, 2.45) is 11.8 Å². The minimum atomic E-state index is -1.01. The van der Waals surface area contributed by atoms with Gasteiger partial charge in [0.2, 0.25) is 0 Å². The Hall–Kier alpha value is -3.83. The van der Waals surface area contributed by atoms with Gasteiger partial charge >= 0.3 is 12.1 Å². The number of aromatic nitrogens is 5. The second kappa shape index (κ2) is 7.89. The number of para-hydroxylation sites is 1. The lowest BCUT2D eigenvalue weighted by Gasteiger charge is -2.34. The Morgan fingerprint density at radius 3 is 2.76 bits per heavy atom. The second-order valence-electron chi connectivity index (χ2n) is 8.89. The van der Waals surface area contributed by atoms with E-state index in [1.54, 1.807) is 25.5 Å². The number of aromatic amines is 1. The number of carbonyl (C=O) groups is 1. The van der Waals surface area contributed by atoms with Gasteiger partial charge in [-0.3, -0.25) is 0 Å². The third-order valence-corrected chi connectivity index (χ3v) is 6.81. The van der Waals surface area contributed by atoms with Crippen molar-refractivity contribution in [2.75, 3.05) is 13.1 Å². The number of benzene rings is 1. The molecule has 3 unspecified atom stereocenters. The normalized spacial score (nSPS) is 22.0. The SMILES string of the molecule is Cc1ncc(Oc2ncc3c(n2)[nH]c2c(CN(C(=O)O)N4CC5CC(O)C5C4)cccc23)cn1. The van der Waals surface area contributed by atoms with Gasteiger partial charge in [0.05, 0.1) is 30.6 Å². The van der Waals surface area contributed by atoms with E-state index in [0.29, 0.717) is 36.2 Å². The number of hydrazine groups is 1. The Morgan fingerprint density at radius 2 is 2.03 bits per heavy atom. The molecule has 1 aromatic carbocycles. The number of nitrogens with one attached hydrogen (secondary N) is 1. The summed E-state index contributed by atoms with van der Waals surface area (Å²) < 4.78 is 5.69. The maximum Gasteiger partial charge on any atom is 0.422 e. The van der Waals surface area contributed by atoms with Crippen molar-refractivity contribution in [2.45, 2.75) is 26.0 Å². The molecule has 34 heavy (non-hydrogen) atoms. The van der Waals surface area contributed by atoms with Crippen LogP contribution >= 0.6 is 0 Å². The summed E-state index contributed by atoms with van der Waals surface area (Å²) in [5, 5.41) is 24.8. The van der Waals surface area contributed by atoms with Gasteiger partial charge in [-0.15, -0.1) is 0 Å². The molecule has 1 amide bonds. The number of H-pyrrole nitrogens is 1. The van der Waals surface area contributed by atoms with Crippen molar-refractivity contribution in [3.63, 3.8) is 0 Å². The van der Waals surface area contributed by atoms with E-state index in [4.69, 9.17) is 4.74 Å². The highest BCUT2D eigenvalue weighted by atomic mass is 16.5. The molecular formula is C23H23N7O4. The van der Waals surface area contributed by atoms with Crippen LogP contribution in [0.1, 0.15) is 17.8 Å². The molecule has 1 aliphatic heterocycles. The third kappa shape index (κ3) is 3.49. The summed E-state index contributed by atoms with van der Waals surface area (Å²) in [6.45, 7) is 3.17. The molecule has 2 fully saturated rings. The number of rotatable bonds is 5. The summed E-state index contributed by atoms with van der Waals surface area (Å²) in [6, 6.07) is 5.91. The van der Waals surface area contributed by atoms with Crippen molar-refractivity contribution < 1.29 is 19.7 Å². The first-order chi connectivity index (χ1) is 16.5. The van der Waals surface area contributed by atoms with E-state index in [9.17, 15) is 15.0 Å². The molecule has 2 aliphatic rings. The Labute approximate surface area is 194 Å². The zero-order valence-electron chi connectivity index (χ0n) is 18.4. The Bertz CT molecular complexity index is 1390. The van der Waals surface area contributed by atoms with Crippen LogP contribution in [0.4, 0.5) is 4.79 Å². The van der Waals surface area contributed by atoms with Gasteiger partial charge in [-0.2, -0.15) is 4.98 Å². The highest BCUT2D eigenvalue weighted by Gasteiger charge is 2.48. The Balaban J connectivity index is 1.30. The fourth-order valence-corrected chi connectivity index (χ4v) is 4.96. The molecule has 1 saturated heterocycles. The number of aryl methyl sites for hydroxylation is 1. The average molecular weight is 461 g/mol. The van der Waals surface area contributed by atoms with E-state index < -0.39 is 6.09 Å². The van der Waals surface area contributed by atoms with Crippen LogP contribution in [-0.2, 0) is 6.54 Å². The molecule has 1 saturated carbocycles. The maximum absolute atomic E-state index is 12.1. The molecule has 174 valence electrons. The largest absolute Gasteiger partial charge is 0.464 e. The molecule has 4 heterocycles. The molecule has 4 aromatic rings. The monoisotopic (exact) mass is 461 g/mol. The average Bonchev–Trinajstić information content (AvgIpc) is 3.36. The number of carboxylic acid groups (broad SMARTS) is 1. The Kier molecular flexibility index (Phi) is 4.82. The van der Waals surface area contributed by atoms with Gasteiger partial charge in [0.1, 0.15) is 11.5 Å². The van der Waals surface area contributed by atoms with Crippen LogP contribution in [0.15, 0.2) is 36.8 Å². The molecule has 0 spiro atoms. The van der Waals surface area contributed by atoms with Crippen LogP contribution in [0.25, 0.3) is 21.9 Å². The van der Waals surface area contributed by atoms with Crippen LogP contribution in [0.3, 0.4) is 0 Å². The highest BCUT2D eigenvalue weighted by molar-refractivity contribution is 6.06. The molecule has 1 aliphatic carbocycles. The van der Waals surface area contributed by atoms with Crippen molar-refractivity contribution in [3.8, 4) is 11.8 Å². The van der Waals surface area contributed by atoms with E-state index in [1.165, 1.54) is 5.01 Å². The molecule has 3 aromatic heterocycles. The van der Waals surface area contributed by atoms with Crippen LogP contribution in [0, 0.1) is 18.8 Å². The van der Waals surface area contributed by atoms with E-state index in [-0.39, 0.29) is 24.6 Å². The highest BCUT2D eigenvalue weighted by Crippen LogP contribution is 2.41. The minimum Gasteiger partial charge on any atom is -0.464 e. The third-order valence-electron chi connectivity index (χ3n) is 6.81. The summed E-state index contributed by atoms with van der Waals surface area (Å²) in [5.74, 6) is 1.58. The maximum atomic E-state index is 12.1. The van der Waals surface area contributed by atoms with Gasteiger partial charge in [-0.05, 0) is 24.8 Å². The fourth-order valence-electron chi connectivity index (χ4n) is 4.96. The van der Waals surface area contributed by atoms with Gasteiger partial charge in [-0.1, -0.05) is 18.2 Å². The molecule has 3 N–H and O–H groups in total. The lowest BCUT2D eigenvalue weighted by atomic mass is 9.74. The number of hydrogen-bond donors (Lipinski definition) is 3. The zero-order chi connectivity index (χ0) is 23.4. The number of nitrogens with zero attached hydrogens (tertiary/aromatic N) is 6. The lowest BCUT2D eigenvalue weighted by Crippen LogP contribution is -2.44. The van der Waals surface area contributed by atoms with Gasteiger partial charge < -0.3 is 19.9 Å². The van der Waals surface area contributed by atoms with Gasteiger partial charge in [-0.25, -0.2) is 29.8 Å². The van der Waals surface area contributed by atoms with Crippen LogP contribution < -0.4 is 4.74 Å². The van der Waals surface area contributed by atoms with Gasteiger partial charge in [0.15, 0.2) is 5.75 Å². The van der Waals surface area contributed by atoms with E-state index in [1.807, 2.05) is 23.2 Å². The smallest absolute Gasteiger partial charge is 0.422 e. The topological polar surface area (TPSA) is 141 Å². The first kappa shape index (κ1) is 20.8. The van der Waals surface area contributed by atoms with E-state index >= 15 is 0 Å². The molecule has 11 heteroatoms. The molecule has 0 radical (unpaired) electrons. The molecule has 3 atom stereocenters. The number of hydrogen-bond acceptors (Lipinski definition) is 8. The predicted molar refractivity (Wildman–Crippen MR) is 121 cm³/mol. The van der Waals surface area contributed by atoms with E-state index in [0.717, 1.165) is 28.3 Å². The first-order valence-electron chi connectivity index (χ1n) is 11.1. The van der Waals surface area contributed by atoms with Crippen molar-refractivity contribution in [1.29, 1.82) is 0 Å². The molecule has 6 rings (SSSR count). The number of amides is 1. The summed E-state index contributed by atoms with van der Waals surface area (Å²) in [7, 11) is 0. The van der Waals surface area contributed by atoms with Crippen LogP contribution in [0.2, 0.25) is 0 Å². The van der Waals surface area contributed by atoms with Gasteiger partial charge in [0.25, 0.3) is 0 Å². The minimum absolute atomic E-state index is 0.151. The fraction of sp³-hybridized carbons (Fsp3) is 0.348. The lowest BCUT2D eigenvalue weighted by molar-refractivity contribution is -0.0116. The summed E-state index contributed by atoms with van der Waals surface area (Å²) in [4.78, 5) is 32.4. The van der Waals surface area contributed by atoms with Crippen molar-refractivity contribution in [3.05, 3.63) is 48.2 Å².